The zero-order valence-electron chi connectivity index (χ0n) is 73.6. The number of carboxylic acid groups (broad SMARTS) is 3. The molecule has 0 radical (unpaired) electrons. The minimum Gasteiger partial charge on any atom is -0.481 e. The highest BCUT2D eigenvalue weighted by atomic mass is 32.1. The Bertz CT molecular complexity index is 3920. The molecular weight excluding hydrogens is 1670 g/mol. The Morgan fingerprint density at radius 2 is 0.952 bits per heavy atom. The van der Waals surface area contributed by atoms with Crippen LogP contribution in [-0.4, -0.2) is 291 Å². The number of aliphatic hydroxyl groups is 2. The lowest BCUT2D eigenvalue weighted by atomic mass is 9.96. The van der Waals surface area contributed by atoms with Crippen molar-refractivity contribution in [2.45, 2.75) is 276 Å². The summed E-state index contributed by atoms with van der Waals surface area (Å²) in [7, 11) is 0. The monoisotopic (exact) mass is 1800 g/mol. The minimum absolute atomic E-state index is 0.00374. The summed E-state index contributed by atoms with van der Waals surface area (Å²) in [6.45, 7) is 17.4. The molecule has 126 heavy (non-hydrogen) atoms. The van der Waals surface area contributed by atoms with Gasteiger partial charge in [-0.3, -0.25) is 91.3 Å². The van der Waals surface area contributed by atoms with Gasteiger partial charge in [-0.25, -0.2) is 4.79 Å². The SMILES string of the molecule is CC[C@H](C)[C@H](NC(=O)[C@H](CCC(=O)O)NC(=O)CNC(=O)[C@@H](NC(=O)[C@H](CC(C)C)NC(=O)[C@H](CC(C)C)NC(=O)[C@H](C)NC(=O)[C@H](CC(C)C)NC(=O)[C@H](CS)NC(=O)[C@H](CO)NC(=O)[C@H](Cc1ccccc1)NC(=O)CNC(=O)[C@H](CCCN=C(N)N)NC(=O)[C@@H]1CCCN1)[C@@H](C)O)C(=O)N[C@@H](CC(=O)O)C(=O)N[C@@H](CC(C)C)C(=O)N1CCC[C@H]1C(=O)O. The van der Waals surface area contributed by atoms with Gasteiger partial charge in [-0.05, 0) is 126 Å². The number of aliphatic carboxylic acids is 3. The number of nitrogens with two attached hydrogens (primary N) is 2. The Balaban J connectivity index is 1.74. The highest BCUT2D eigenvalue weighted by Gasteiger charge is 2.42. The lowest BCUT2D eigenvalue weighted by molar-refractivity contribution is -0.150. The van der Waals surface area contributed by atoms with E-state index in [1.54, 1.807) is 92.6 Å². The summed E-state index contributed by atoms with van der Waals surface area (Å²) in [5, 5.41) is 90.6. The normalized spacial score (nSPS) is 17.2. The first-order valence-electron chi connectivity index (χ1n) is 42.4. The molecule has 2 fully saturated rings. The van der Waals surface area contributed by atoms with Gasteiger partial charge in [0, 0.05) is 31.7 Å². The number of guanidine groups is 1. The zero-order valence-corrected chi connectivity index (χ0v) is 74.5. The molecule has 16 amide bonds. The Kier molecular flexibility index (Phi) is 47.7. The van der Waals surface area contributed by atoms with E-state index in [9.17, 15) is 117 Å². The highest BCUT2D eigenvalue weighted by Crippen LogP contribution is 2.22. The second kappa shape index (κ2) is 55.2. The first-order valence-corrected chi connectivity index (χ1v) is 43.0. The molecule has 0 aromatic heterocycles. The lowest BCUT2D eigenvalue weighted by Crippen LogP contribution is -2.61. The molecule has 3 rings (SSSR count). The van der Waals surface area contributed by atoms with Crippen molar-refractivity contribution in [2.24, 2.45) is 46.0 Å². The van der Waals surface area contributed by atoms with E-state index in [0.29, 0.717) is 24.9 Å². The zero-order chi connectivity index (χ0) is 94.9. The van der Waals surface area contributed by atoms with Crippen LogP contribution < -0.4 is 96.5 Å². The van der Waals surface area contributed by atoms with Crippen molar-refractivity contribution in [3.63, 3.8) is 0 Å². The molecule has 17 atom stereocenters. The van der Waals surface area contributed by atoms with Crippen LogP contribution in [0.1, 0.15) is 179 Å². The van der Waals surface area contributed by atoms with Crippen LogP contribution in [0.2, 0.25) is 0 Å². The summed E-state index contributed by atoms with van der Waals surface area (Å²) in [5.74, 6) is -22.0. The number of aliphatic hydroxyl groups excluding tert-OH is 2. The molecule has 44 nitrogen and oxygen atoms in total. The second-order valence-corrected chi connectivity index (χ2v) is 33.6. The molecule has 25 N–H and O–H groups in total. The van der Waals surface area contributed by atoms with E-state index in [2.05, 4.69) is 103 Å². The lowest BCUT2D eigenvalue weighted by Gasteiger charge is -2.30. The van der Waals surface area contributed by atoms with E-state index in [1.165, 1.54) is 13.8 Å². The highest BCUT2D eigenvalue weighted by molar-refractivity contribution is 7.80. The van der Waals surface area contributed by atoms with Gasteiger partial charge in [0.2, 0.25) is 94.5 Å². The van der Waals surface area contributed by atoms with Crippen LogP contribution in [0.15, 0.2) is 35.3 Å². The largest absolute Gasteiger partial charge is 0.481 e. The standard InChI is InChI=1S/C81H132N20O24S/c1-13-44(10)64(78(122)95-55(35-63(108)109)73(117)96-56(33-43(8)9)79(123)101-29-19-24-59(101)80(124)125)99-69(113)50(25-26-62(106)107)89-60(104)37-87-77(121)65(46(12)103)100-74(118)53(32-42(6)7)93-71(115)52(31-41(4)5)92-66(110)45(11)88-70(114)51(30-40(2)3)94-76(120)58(39-126)98-75(119)57(38-102)97-72(116)54(34-47-20-15-14-16-21-47)90-61(105)36-86-67(111)49(23-18-28-85-81(82)83)91-68(112)48-22-17-27-84-48/h14-16,20-21,40-46,48-59,64-65,84,102-103,126H,13,17-19,22-39H2,1-12H3,(H,86,111)(H,87,121)(H,88,114)(H,89,104)(H,90,105)(H,91,112)(H,92,110)(H,93,115)(H,94,120)(H,95,122)(H,96,117)(H,97,116)(H,98,119)(H,99,113)(H,100,118)(H,106,107)(H,108,109)(H,124,125)(H4,82,83,85)/t44-,45-,46+,48-,49-,50-,51-,52-,53-,54-,55-,56-,57-,58-,59-,64-,65-/m0/s1. The van der Waals surface area contributed by atoms with Crippen molar-refractivity contribution in [2.75, 3.05) is 45.1 Å². The predicted octanol–water partition coefficient (Wildman–Crippen LogP) is -5.46. The van der Waals surface area contributed by atoms with Gasteiger partial charge < -0.3 is 127 Å². The fraction of sp³-hybridized carbons (Fsp3) is 0.679. The fourth-order valence-corrected chi connectivity index (χ4v) is 13.8. The Morgan fingerprint density at radius 3 is 1.46 bits per heavy atom. The van der Waals surface area contributed by atoms with Gasteiger partial charge in [0.25, 0.3) is 0 Å². The topological polar surface area (TPSA) is 686 Å². The number of hydrogen-bond donors (Lipinski definition) is 24. The first kappa shape index (κ1) is 109. The fourth-order valence-electron chi connectivity index (χ4n) is 13.6. The number of carbonyl (C=O) groups is 19. The number of carboxylic acids is 3. The third kappa shape index (κ3) is 39.0. The number of thiol groups is 1. The molecule has 1 aromatic carbocycles. The van der Waals surface area contributed by atoms with E-state index in [1.807, 2.05) is 0 Å². The molecule has 2 heterocycles. The molecule has 2 saturated heterocycles. The number of aliphatic imine (C=N–C) groups is 1. The van der Waals surface area contributed by atoms with Crippen molar-refractivity contribution in [3.8, 4) is 0 Å². The van der Waals surface area contributed by atoms with Gasteiger partial charge in [-0.15, -0.1) is 0 Å². The summed E-state index contributed by atoms with van der Waals surface area (Å²) in [6, 6.07) is -13.3. The average Bonchev–Trinajstić information content (AvgIpc) is 1.60. The summed E-state index contributed by atoms with van der Waals surface area (Å²) in [6.07, 6.45) is -2.09. The number of amides is 16. The second-order valence-electron chi connectivity index (χ2n) is 33.2. The number of rotatable bonds is 56. The third-order valence-electron chi connectivity index (χ3n) is 20.4. The summed E-state index contributed by atoms with van der Waals surface area (Å²) >= 11 is 4.25. The maximum atomic E-state index is 14.3. The molecule has 45 heteroatoms. The molecule has 1 aromatic rings. The molecular formula is C81H132N20O24S. The van der Waals surface area contributed by atoms with Crippen LogP contribution in [0.4, 0.5) is 0 Å². The van der Waals surface area contributed by atoms with E-state index >= 15 is 0 Å². The number of likely N-dealkylation sites (tertiary alicyclic amines) is 1. The summed E-state index contributed by atoms with van der Waals surface area (Å²) in [5.41, 5.74) is 11.4. The third-order valence-corrected chi connectivity index (χ3v) is 20.8. The van der Waals surface area contributed by atoms with Gasteiger partial charge >= 0.3 is 17.9 Å². The summed E-state index contributed by atoms with van der Waals surface area (Å²) < 4.78 is 0. The van der Waals surface area contributed by atoms with Crippen LogP contribution in [-0.2, 0) is 97.5 Å². The Labute approximate surface area is 737 Å². The average molecular weight is 1800 g/mol. The quantitative estimate of drug-likeness (QED) is 0.0125. The van der Waals surface area contributed by atoms with Gasteiger partial charge in [0.05, 0.1) is 38.3 Å². The molecule has 2 aliphatic rings. The van der Waals surface area contributed by atoms with Crippen molar-refractivity contribution in [1.82, 2.24) is 90.0 Å². The van der Waals surface area contributed by atoms with E-state index in [-0.39, 0.29) is 101 Å². The van der Waals surface area contributed by atoms with Gasteiger partial charge in [-0.2, -0.15) is 12.6 Å². The maximum Gasteiger partial charge on any atom is 0.326 e. The van der Waals surface area contributed by atoms with Crippen molar-refractivity contribution in [1.29, 1.82) is 0 Å². The molecule has 0 aliphatic carbocycles. The first-order chi connectivity index (χ1) is 59.2. The Hall–Kier alpha value is -11.3. The van der Waals surface area contributed by atoms with Crippen LogP contribution in [0, 0.1) is 29.6 Å². The van der Waals surface area contributed by atoms with Crippen molar-refractivity contribution < 1.29 is 117 Å². The maximum absolute atomic E-state index is 14.3. The van der Waals surface area contributed by atoms with Gasteiger partial charge in [0.15, 0.2) is 5.96 Å². The number of hydrogen-bond acceptors (Lipinski definition) is 24. The number of carbonyl (C=O) groups excluding carboxylic acids is 16. The molecule has 0 spiro atoms. The van der Waals surface area contributed by atoms with Crippen LogP contribution in [0.25, 0.3) is 0 Å². The van der Waals surface area contributed by atoms with E-state index in [0.717, 1.165) is 18.2 Å². The molecule has 706 valence electrons. The Morgan fingerprint density at radius 1 is 0.492 bits per heavy atom. The van der Waals surface area contributed by atoms with Gasteiger partial charge in [-0.1, -0.05) is 106 Å². The van der Waals surface area contributed by atoms with Crippen molar-refractivity contribution in [3.05, 3.63) is 35.9 Å². The molecule has 2 aliphatic heterocycles. The number of nitrogens with zero attached hydrogens (tertiary/aromatic N) is 2. The number of benzene rings is 1. The van der Waals surface area contributed by atoms with E-state index < -0.39 is 260 Å². The van der Waals surface area contributed by atoms with E-state index in [4.69, 9.17) is 11.5 Å². The van der Waals surface area contributed by atoms with Crippen molar-refractivity contribution >= 4 is 131 Å². The summed E-state index contributed by atoms with van der Waals surface area (Å²) in [4.78, 5) is 263. The van der Waals surface area contributed by atoms with Crippen LogP contribution >= 0.6 is 12.6 Å². The smallest absolute Gasteiger partial charge is 0.326 e. The number of nitrogens with one attached hydrogen (secondary N) is 16. The minimum atomic E-state index is -1.87. The molecule has 0 bridgehead atoms. The van der Waals surface area contributed by atoms with Crippen LogP contribution in [0.3, 0.4) is 0 Å². The van der Waals surface area contributed by atoms with Crippen LogP contribution in [0.5, 0.6) is 0 Å². The molecule has 0 unspecified atom stereocenters. The predicted molar refractivity (Wildman–Crippen MR) is 459 cm³/mol. The molecule has 0 saturated carbocycles. The van der Waals surface area contributed by atoms with Gasteiger partial charge in [0.1, 0.15) is 84.6 Å².